The first-order valence-corrected chi connectivity index (χ1v) is 4.08. The quantitative estimate of drug-likeness (QED) is 0.579. The van der Waals surface area contributed by atoms with Gasteiger partial charge >= 0.3 is 0 Å². The molecule has 1 unspecified atom stereocenters. The summed E-state index contributed by atoms with van der Waals surface area (Å²) in [5.74, 6) is 0. The van der Waals surface area contributed by atoms with E-state index in [1.165, 1.54) is 0 Å². The molecule has 1 atom stereocenters. The molecule has 0 aliphatic heterocycles. The number of carbonyl (C=O) groups excluding carboxylic acids is 1. The molecular weight excluding hydrogens is 179 g/mol. The summed E-state index contributed by atoms with van der Waals surface area (Å²) >= 11 is 5.18. The number of carbonyl (C=O) groups is 1. The Bertz CT molecular complexity index is 280. The molecule has 0 aromatic rings. The molecule has 0 saturated carbocycles. The fraction of sp³-hybridized carbons (Fsp3) is 0.444. The topological polar surface area (TPSA) is 17.1 Å². The zero-order valence-corrected chi connectivity index (χ0v) is 7.78. The summed E-state index contributed by atoms with van der Waals surface area (Å²) in [6.07, 6.45) is 3.48. The average molecular weight is 189 g/mol. The van der Waals surface area contributed by atoms with E-state index in [2.05, 4.69) is 0 Å². The smallest absolute Gasteiger partial charge is 0.263 e. The summed E-state index contributed by atoms with van der Waals surface area (Å²) in [5, 5.41) is -0.927. The van der Waals surface area contributed by atoms with E-state index in [-0.39, 0.29) is 6.42 Å². The fourth-order valence-corrected chi connectivity index (χ4v) is 1.42. The van der Waals surface area contributed by atoms with E-state index in [1.54, 1.807) is 26.0 Å². The lowest BCUT2D eigenvalue weighted by Gasteiger charge is -2.25. The average Bonchev–Trinajstić information content (AvgIpc) is 1.97. The highest BCUT2D eigenvalue weighted by molar-refractivity contribution is 6.65. The van der Waals surface area contributed by atoms with Crippen molar-refractivity contribution in [3.8, 4) is 0 Å². The Morgan fingerprint density at radius 1 is 1.58 bits per heavy atom. The van der Waals surface area contributed by atoms with Crippen LogP contribution in [0.4, 0.5) is 4.39 Å². The Labute approximate surface area is 75.9 Å². The van der Waals surface area contributed by atoms with Crippen LogP contribution < -0.4 is 0 Å². The van der Waals surface area contributed by atoms with Crippen LogP contribution in [-0.2, 0) is 4.79 Å². The highest BCUT2D eigenvalue weighted by Crippen LogP contribution is 2.34. The molecule has 0 saturated heterocycles. The predicted octanol–water partition coefficient (Wildman–Crippen LogP) is 2.76. The predicted molar refractivity (Wildman–Crippen MR) is 46.8 cm³/mol. The highest BCUT2D eigenvalue weighted by Gasteiger charge is 2.40. The minimum absolute atomic E-state index is 0.0810. The molecular formula is C9H10ClFO. The summed E-state index contributed by atoms with van der Waals surface area (Å²) < 4.78 is 13.7. The minimum atomic E-state index is -1.97. The maximum atomic E-state index is 13.7. The molecule has 1 nitrogen and oxygen atoms in total. The largest absolute Gasteiger partial charge is 0.277 e. The van der Waals surface area contributed by atoms with E-state index in [0.717, 1.165) is 5.57 Å². The van der Waals surface area contributed by atoms with Crippen LogP contribution in [0.15, 0.2) is 23.3 Å². The van der Waals surface area contributed by atoms with Gasteiger partial charge in [0.2, 0.25) is 5.67 Å². The van der Waals surface area contributed by atoms with Crippen LogP contribution in [0.25, 0.3) is 0 Å². The third-order valence-electron chi connectivity index (χ3n) is 2.08. The van der Waals surface area contributed by atoms with E-state index in [1.807, 2.05) is 0 Å². The molecule has 3 heteroatoms. The Hall–Kier alpha value is -0.630. The molecule has 0 heterocycles. The standard InChI is InChI=1S/C9H10ClFO/c1-6-3-4-7(2)9(11,5-6)8(10)12/h3-4H,5H2,1-2H3. The molecule has 12 heavy (non-hydrogen) atoms. The first-order valence-electron chi connectivity index (χ1n) is 3.70. The van der Waals surface area contributed by atoms with Gasteiger partial charge in [0.05, 0.1) is 0 Å². The van der Waals surface area contributed by atoms with Crippen molar-refractivity contribution in [2.75, 3.05) is 0 Å². The lowest BCUT2D eigenvalue weighted by Crippen LogP contribution is -2.33. The van der Waals surface area contributed by atoms with Gasteiger partial charge in [-0.05, 0) is 31.0 Å². The monoisotopic (exact) mass is 188 g/mol. The molecule has 0 N–H and O–H groups in total. The van der Waals surface area contributed by atoms with Crippen molar-refractivity contribution < 1.29 is 9.18 Å². The number of alkyl halides is 1. The van der Waals surface area contributed by atoms with Crippen LogP contribution in [0, 0.1) is 0 Å². The van der Waals surface area contributed by atoms with Gasteiger partial charge in [-0.1, -0.05) is 17.7 Å². The van der Waals surface area contributed by atoms with E-state index >= 15 is 0 Å². The second kappa shape index (κ2) is 3.02. The fourth-order valence-electron chi connectivity index (χ4n) is 1.21. The van der Waals surface area contributed by atoms with E-state index in [9.17, 15) is 9.18 Å². The second-order valence-electron chi connectivity index (χ2n) is 3.11. The summed E-state index contributed by atoms with van der Waals surface area (Å²) in [4.78, 5) is 10.8. The van der Waals surface area contributed by atoms with Crippen LogP contribution in [0.2, 0.25) is 0 Å². The molecule has 0 amide bonds. The van der Waals surface area contributed by atoms with Crippen molar-refractivity contribution in [2.24, 2.45) is 0 Å². The van der Waals surface area contributed by atoms with Crippen molar-refractivity contribution in [1.82, 2.24) is 0 Å². The first kappa shape index (κ1) is 9.46. The maximum Gasteiger partial charge on any atom is 0.263 e. The number of halogens is 2. The molecule has 0 bridgehead atoms. The summed E-state index contributed by atoms with van der Waals surface area (Å²) in [6.45, 7) is 3.35. The van der Waals surface area contributed by atoms with Crippen molar-refractivity contribution in [3.05, 3.63) is 23.3 Å². The van der Waals surface area contributed by atoms with Gasteiger partial charge in [0.15, 0.2) is 0 Å². The van der Waals surface area contributed by atoms with Gasteiger partial charge in [0.25, 0.3) is 5.24 Å². The zero-order chi connectivity index (χ0) is 9.35. The molecule has 0 spiro atoms. The maximum absolute atomic E-state index is 13.7. The third kappa shape index (κ3) is 1.44. The Kier molecular flexibility index (Phi) is 2.38. The molecule has 1 aliphatic rings. The molecule has 1 rings (SSSR count). The second-order valence-corrected chi connectivity index (χ2v) is 3.46. The first-order chi connectivity index (χ1) is 5.47. The summed E-state index contributed by atoms with van der Waals surface area (Å²) in [5.41, 5.74) is -0.759. The summed E-state index contributed by atoms with van der Waals surface area (Å²) in [6, 6.07) is 0. The molecule has 66 valence electrons. The third-order valence-corrected chi connectivity index (χ3v) is 2.38. The Morgan fingerprint density at radius 3 is 2.58 bits per heavy atom. The normalized spacial score (nSPS) is 29.3. The van der Waals surface area contributed by atoms with Crippen molar-refractivity contribution in [1.29, 1.82) is 0 Å². The van der Waals surface area contributed by atoms with Gasteiger partial charge in [-0.3, -0.25) is 4.79 Å². The van der Waals surface area contributed by atoms with Crippen LogP contribution in [-0.4, -0.2) is 10.9 Å². The van der Waals surface area contributed by atoms with Crippen LogP contribution >= 0.6 is 11.6 Å². The van der Waals surface area contributed by atoms with Crippen molar-refractivity contribution in [3.63, 3.8) is 0 Å². The number of hydrogen-bond donors (Lipinski definition) is 0. The van der Waals surface area contributed by atoms with Crippen LogP contribution in [0.1, 0.15) is 20.3 Å². The van der Waals surface area contributed by atoms with Crippen LogP contribution in [0.5, 0.6) is 0 Å². The van der Waals surface area contributed by atoms with Gasteiger partial charge in [-0.2, -0.15) is 0 Å². The van der Waals surface area contributed by atoms with E-state index < -0.39 is 10.9 Å². The van der Waals surface area contributed by atoms with Gasteiger partial charge in [0, 0.05) is 6.42 Å². The van der Waals surface area contributed by atoms with Gasteiger partial charge < -0.3 is 0 Å². The molecule has 0 fully saturated rings. The van der Waals surface area contributed by atoms with Gasteiger partial charge in [-0.15, -0.1) is 0 Å². The number of rotatable bonds is 1. The van der Waals surface area contributed by atoms with Gasteiger partial charge in [-0.25, -0.2) is 4.39 Å². The SMILES string of the molecule is CC1=CC=C(C)C(F)(C(=O)Cl)C1. The van der Waals surface area contributed by atoms with E-state index in [4.69, 9.17) is 11.6 Å². The Morgan fingerprint density at radius 2 is 2.17 bits per heavy atom. The summed E-state index contributed by atoms with van der Waals surface area (Å²) in [7, 11) is 0. The van der Waals surface area contributed by atoms with Crippen molar-refractivity contribution >= 4 is 16.8 Å². The highest BCUT2D eigenvalue weighted by atomic mass is 35.5. The van der Waals surface area contributed by atoms with Crippen molar-refractivity contribution in [2.45, 2.75) is 25.9 Å². The molecule has 0 aromatic heterocycles. The zero-order valence-electron chi connectivity index (χ0n) is 7.03. The Balaban J connectivity index is 3.04. The van der Waals surface area contributed by atoms with Crippen LogP contribution in [0.3, 0.4) is 0 Å². The number of hydrogen-bond acceptors (Lipinski definition) is 1. The lowest BCUT2D eigenvalue weighted by molar-refractivity contribution is -0.120. The number of allylic oxidation sites excluding steroid dienone is 4. The van der Waals surface area contributed by atoms with Gasteiger partial charge in [0.1, 0.15) is 0 Å². The molecule has 0 aromatic carbocycles. The lowest BCUT2D eigenvalue weighted by atomic mass is 9.87. The minimum Gasteiger partial charge on any atom is -0.277 e. The van der Waals surface area contributed by atoms with E-state index in [0.29, 0.717) is 5.57 Å². The molecule has 1 aliphatic carbocycles. The molecule has 0 radical (unpaired) electrons.